The van der Waals surface area contributed by atoms with Crippen LogP contribution in [0.2, 0.25) is 0 Å². The number of rotatable bonds is 5. The summed E-state index contributed by atoms with van der Waals surface area (Å²) in [5, 5.41) is 3.89. The normalized spacial score (nSPS) is 21.4. The van der Waals surface area contributed by atoms with E-state index in [1.807, 2.05) is 6.07 Å². The summed E-state index contributed by atoms with van der Waals surface area (Å²) in [6, 6.07) is 48.9. The van der Waals surface area contributed by atoms with E-state index in [0.29, 0.717) is 23.7 Å². The summed E-state index contributed by atoms with van der Waals surface area (Å²) >= 11 is 0. The molecule has 4 heteroatoms. The highest BCUT2D eigenvalue weighted by atomic mass is 15.0. The molecule has 300 valence electrons. The summed E-state index contributed by atoms with van der Waals surface area (Å²) in [5.41, 5.74) is 15.5. The molecule has 4 nitrogen and oxygen atoms in total. The minimum Gasteiger partial charge on any atom is -0.312 e. The van der Waals surface area contributed by atoms with Gasteiger partial charge >= 0.3 is 0 Å². The topological polar surface area (TPSA) is 43.6 Å². The molecule has 0 aliphatic heterocycles. The summed E-state index contributed by atoms with van der Waals surface area (Å²) in [4.78, 5) is 15.4. The zero-order valence-electron chi connectivity index (χ0n) is 34.8. The van der Waals surface area contributed by atoms with E-state index in [1.54, 1.807) is 0 Å². The van der Waals surface area contributed by atoms with Crippen LogP contribution >= 0.6 is 0 Å². The van der Waals surface area contributed by atoms with Gasteiger partial charge in [0.25, 0.3) is 0 Å². The van der Waals surface area contributed by atoms with Crippen molar-refractivity contribution < 1.29 is 0 Å². The van der Waals surface area contributed by atoms with E-state index in [0.717, 1.165) is 47.9 Å². The molecule has 0 saturated heterocycles. The first-order chi connectivity index (χ1) is 31.2. The molecule has 13 rings (SSSR count). The monoisotopic (exact) mass is 808 g/mol. The third kappa shape index (κ3) is 6.00. The van der Waals surface area contributed by atoms with Crippen molar-refractivity contribution in [2.45, 2.75) is 37.0 Å². The van der Waals surface area contributed by atoms with E-state index >= 15 is 0 Å². The van der Waals surface area contributed by atoms with E-state index in [4.69, 9.17) is 15.0 Å². The van der Waals surface area contributed by atoms with Crippen molar-refractivity contribution in [3.8, 4) is 28.2 Å². The van der Waals surface area contributed by atoms with Crippen LogP contribution in [-0.2, 0) is 12.8 Å². The Kier molecular flexibility index (Phi) is 8.40. The van der Waals surface area contributed by atoms with E-state index < -0.39 is 0 Å². The SMILES string of the molecule is C1=CC2C=Cc3c(n(-c4cccc5cc6c(cc45)-c4ccccc4C(C4C=CC(c5nc(-c7ccccc7)nc(C7C=Cc8ccccc8C7)n5)=CC4)C6)c4ccccc34)C2C=C1. The fourth-order valence-electron chi connectivity index (χ4n) is 11.2. The Balaban J connectivity index is 0.853. The largest absolute Gasteiger partial charge is 0.312 e. The highest BCUT2D eigenvalue weighted by Gasteiger charge is 2.33. The minimum absolute atomic E-state index is 0.0833. The first-order valence-electron chi connectivity index (χ1n) is 22.5. The van der Waals surface area contributed by atoms with Crippen LogP contribution in [0, 0.1) is 11.8 Å². The molecule has 0 fully saturated rings. The van der Waals surface area contributed by atoms with Crippen LogP contribution in [0.4, 0.5) is 0 Å². The Labute approximate surface area is 367 Å². The highest BCUT2D eigenvalue weighted by molar-refractivity contribution is 6.00. The van der Waals surface area contributed by atoms with E-state index in [1.165, 1.54) is 72.0 Å². The van der Waals surface area contributed by atoms with Gasteiger partial charge in [-0.25, -0.2) is 15.0 Å². The van der Waals surface area contributed by atoms with Crippen molar-refractivity contribution >= 4 is 39.4 Å². The molecule has 5 atom stereocenters. The average molecular weight is 809 g/mol. The molecule has 0 bridgehead atoms. The van der Waals surface area contributed by atoms with Crippen LogP contribution in [-0.4, -0.2) is 19.5 Å². The third-order valence-corrected chi connectivity index (χ3v) is 14.3. The van der Waals surface area contributed by atoms with E-state index in [2.05, 4.69) is 199 Å². The fourth-order valence-corrected chi connectivity index (χ4v) is 11.2. The molecule has 2 heterocycles. The molecule has 0 radical (unpaired) electrons. The van der Waals surface area contributed by atoms with Crippen LogP contribution in [0.5, 0.6) is 0 Å². The Morgan fingerprint density at radius 1 is 0.571 bits per heavy atom. The van der Waals surface area contributed by atoms with E-state index in [-0.39, 0.29) is 5.92 Å². The lowest BCUT2D eigenvalue weighted by molar-refractivity contribution is 0.502. The third-order valence-electron chi connectivity index (χ3n) is 14.3. The molecular formula is C59H44N4. The molecule has 8 aromatic rings. The zero-order valence-corrected chi connectivity index (χ0v) is 34.8. The molecule has 2 aromatic heterocycles. The molecule has 0 N–H and O–H groups in total. The van der Waals surface area contributed by atoms with Crippen molar-refractivity contribution in [3.63, 3.8) is 0 Å². The quantitative estimate of drug-likeness (QED) is 0.174. The van der Waals surface area contributed by atoms with Crippen LogP contribution in [0.25, 0.3) is 67.6 Å². The fraction of sp³-hybridized carbons (Fsp3) is 0.136. The second kappa shape index (κ2) is 14.6. The second-order valence-electron chi connectivity index (χ2n) is 17.8. The number of hydrogen-bond donors (Lipinski definition) is 0. The van der Waals surface area contributed by atoms with Crippen molar-refractivity contribution in [2.75, 3.05) is 0 Å². The van der Waals surface area contributed by atoms with Crippen molar-refractivity contribution in [3.05, 3.63) is 233 Å². The van der Waals surface area contributed by atoms with Crippen molar-refractivity contribution in [2.24, 2.45) is 11.8 Å². The first kappa shape index (κ1) is 36.2. The van der Waals surface area contributed by atoms with Crippen LogP contribution in [0.3, 0.4) is 0 Å². The number of para-hydroxylation sites is 1. The molecule has 5 aliphatic rings. The first-order valence-corrected chi connectivity index (χ1v) is 22.5. The molecule has 0 saturated carbocycles. The van der Waals surface area contributed by atoms with Gasteiger partial charge in [0.05, 0.1) is 11.2 Å². The van der Waals surface area contributed by atoms with Crippen LogP contribution in [0.1, 0.15) is 69.3 Å². The second-order valence-corrected chi connectivity index (χ2v) is 17.8. The van der Waals surface area contributed by atoms with Crippen molar-refractivity contribution in [1.82, 2.24) is 19.5 Å². The highest BCUT2D eigenvalue weighted by Crippen LogP contribution is 2.49. The lowest BCUT2D eigenvalue weighted by Gasteiger charge is -2.33. The number of hydrogen-bond acceptors (Lipinski definition) is 3. The van der Waals surface area contributed by atoms with Crippen LogP contribution in [0.15, 0.2) is 188 Å². The van der Waals surface area contributed by atoms with Gasteiger partial charge < -0.3 is 4.57 Å². The van der Waals surface area contributed by atoms with Gasteiger partial charge in [0.1, 0.15) is 5.82 Å². The van der Waals surface area contributed by atoms with Gasteiger partial charge in [-0.2, -0.15) is 0 Å². The molecule has 63 heavy (non-hydrogen) atoms. The molecular weight excluding hydrogens is 765 g/mol. The van der Waals surface area contributed by atoms with Gasteiger partial charge in [-0.3, -0.25) is 0 Å². The number of aromatic nitrogens is 4. The molecule has 6 aromatic carbocycles. The number of allylic oxidation sites excluding steroid dienone is 10. The minimum atomic E-state index is 0.0833. The Hall–Kier alpha value is -7.43. The van der Waals surface area contributed by atoms with Gasteiger partial charge in [-0.1, -0.05) is 182 Å². The van der Waals surface area contributed by atoms with Gasteiger partial charge in [0.2, 0.25) is 0 Å². The summed E-state index contributed by atoms with van der Waals surface area (Å²) in [7, 11) is 0. The summed E-state index contributed by atoms with van der Waals surface area (Å²) < 4.78 is 2.57. The van der Waals surface area contributed by atoms with Crippen LogP contribution < -0.4 is 0 Å². The number of benzene rings is 6. The van der Waals surface area contributed by atoms with E-state index in [9.17, 15) is 0 Å². The lowest BCUT2D eigenvalue weighted by Crippen LogP contribution is -2.20. The number of nitrogens with zero attached hydrogens (tertiary/aromatic N) is 4. The summed E-state index contributed by atoms with van der Waals surface area (Å²) in [6.07, 6.45) is 28.2. The number of fused-ring (bicyclic) bond motifs is 10. The smallest absolute Gasteiger partial charge is 0.163 e. The maximum Gasteiger partial charge on any atom is 0.163 e. The Morgan fingerprint density at radius 3 is 2.35 bits per heavy atom. The average Bonchev–Trinajstić information content (AvgIpc) is 3.70. The van der Waals surface area contributed by atoms with Gasteiger partial charge in [-0.15, -0.1) is 0 Å². The predicted molar refractivity (Wildman–Crippen MR) is 259 cm³/mol. The standard InChI is InChI=1S/C59H44N4/c1-2-15-40(16-3-1)57-60-58(62-59(61-57)44-30-25-37-13-4-5-17-42(37)33-44)41-28-26-39(27-29-41)51-35-45-34-43-18-12-24-55(53(43)36-52(45)48-21-9-8-20-47(48)51)63-54-23-11-10-22-49(54)50-32-31-38-14-6-7-19-46(38)56(50)63/h1-26,28-32,34,36,38-39,44,46,51H,27,33,35H2. The lowest BCUT2D eigenvalue weighted by atomic mass is 9.70. The maximum atomic E-state index is 5.19. The zero-order chi connectivity index (χ0) is 41.4. The summed E-state index contributed by atoms with van der Waals surface area (Å²) in [6.45, 7) is 0. The Bertz CT molecular complexity index is 3360. The summed E-state index contributed by atoms with van der Waals surface area (Å²) in [5.74, 6) is 3.71. The molecule has 0 amide bonds. The Morgan fingerprint density at radius 2 is 1.41 bits per heavy atom. The van der Waals surface area contributed by atoms with Gasteiger partial charge in [0, 0.05) is 50.9 Å². The molecule has 0 spiro atoms. The molecule has 5 unspecified atom stereocenters. The molecule has 5 aliphatic carbocycles. The predicted octanol–water partition coefficient (Wildman–Crippen LogP) is 13.8. The van der Waals surface area contributed by atoms with Crippen molar-refractivity contribution in [1.29, 1.82) is 0 Å². The maximum absolute atomic E-state index is 5.19. The van der Waals surface area contributed by atoms with Gasteiger partial charge in [0.15, 0.2) is 11.6 Å². The van der Waals surface area contributed by atoms with Gasteiger partial charge in [-0.05, 0) is 88.1 Å².